The average Bonchev–Trinajstić information content (AvgIpc) is 2.37. The summed E-state index contributed by atoms with van der Waals surface area (Å²) in [4.78, 5) is 14.9. The Morgan fingerprint density at radius 3 is 2.52 bits per heavy atom. The zero-order chi connectivity index (χ0) is 16.0. The smallest absolute Gasteiger partial charge is 0.236 e. The molecule has 0 aliphatic rings. The highest BCUT2D eigenvalue weighted by Gasteiger charge is 2.13. The second kappa shape index (κ2) is 8.00. The molecule has 0 bridgehead atoms. The van der Waals surface area contributed by atoms with Crippen molar-refractivity contribution in [1.29, 1.82) is 0 Å². The Morgan fingerprint density at radius 2 is 1.95 bits per heavy atom. The van der Waals surface area contributed by atoms with Gasteiger partial charge in [-0.15, -0.1) is 0 Å². The molecule has 1 rings (SSSR count). The number of nitrogens with zero attached hydrogens (tertiary/aromatic N) is 2. The van der Waals surface area contributed by atoms with Gasteiger partial charge in [-0.3, -0.25) is 9.69 Å². The van der Waals surface area contributed by atoms with Gasteiger partial charge in [-0.2, -0.15) is 0 Å². The summed E-state index contributed by atoms with van der Waals surface area (Å²) in [6.07, 6.45) is -0.634. The van der Waals surface area contributed by atoms with Gasteiger partial charge in [0.05, 0.1) is 6.54 Å². The molecule has 0 aliphatic carbocycles. The number of rotatable bonds is 7. The number of benzene rings is 1. The summed E-state index contributed by atoms with van der Waals surface area (Å²) >= 11 is 0. The minimum absolute atomic E-state index is 0.0139. The minimum atomic E-state index is -0.634. The van der Waals surface area contributed by atoms with Crippen LogP contribution in [0, 0.1) is 13.8 Å². The van der Waals surface area contributed by atoms with Gasteiger partial charge in [0.1, 0.15) is 18.5 Å². The number of carbonyl (C=O) groups is 1. The zero-order valence-electron chi connectivity index (χ0n) is 13.6. The maximum atomic E-state index is 11.6. The number of hydrogen-bond acceptors (Lipinski definition) is 4. The van der Waals surface area contributed by atoms with Crippen LogP contribution in [-0.4, -0.2) is 67.8 Å². The van der Waals surface area contributed by atoms with Crippen LogP contribution in [0.15, 0.2) is 18.2 Å². The minimum Gasteiger partial charge on any atom is -0.491 e. The van der Waals surface area contributed by atoms with Crippen LogP contribution < -0.4 is 4.74 Å². The van der Waals surface area contributed by atoms with E-state index in [4.69, 9.17) is 4.74 Å². The molecule has 1 aromatic rings. The van der Waals surface area contributed by atoms with Crippen molar-refractivity contribution >= 4 is 5.91 Å². The Kier molecular flexibility index (Phi) is 6.65. The predicted octanol–water partition coefficient (Wildman–Crippen LogP) is 1.06. The average molecular weight is 294 g/mol. The maximum absolute atomic E-state index is 11.6. The molecular formula is C16H26N2O3. The topological polar surface area (TPSA) is 53.0 Å². The third-order valence-electron chi connectivity index (χ3n) is 3.19. The molecule has 0 saturated heterocycles. The van der Waals surface area contributed by atoms with Crippen molar-refractivity contribution in [1.82, 2.24) is 9.80 Å². The molecule has 1 atom stereocenters. The van der Waals surface area contributed by atoms with Crippen molar-refractivity contribution in [3.05, 3.63) is 29.3 Å². The summed E-state index contributed by atoms with van der Waals surface area (Å²) in [6.45, 7) is 4.90. The van der Waals surface area contributed by atoms with Gasteiger partial charge in [0, 0.05) is 20.6 Å². The molecule has 1 amide bonds. The first kappa shape index (κ1) is 17.5. The fourth-order valence-corrected chi connectivity index (χ4v) is 2.00. The maximum Gasteiger partial charge on any atom is 0.236 e. The Labute approximate surface area is 127 Å². The van der Waals surface area contributed by atoms with Crippen LogP contribution in [0.5, 0.6) is 5.75 Å². The molecule has 5 heteroatoms. The molecule has 0 aliphatic heterocycles. The highest BCUT2D eigenvalue weighted by molar-refractivity contribution is 5.77. The monoisotopic (exact) mass is 294 g/mol. The number of hydrogen-bond donors (Lipinski definition) is 1. The second-order valence-electron chi connectivity index (χ2n) is 5.72. The van der Waals surface area contributed by atoms with Gasteiger partial charge in [-0.1, -0.05) is 17.7 Å². The molecule has 0 heterocycles. The number of aryl methyl sites for hydroxylation is 2. The second-order valence-corrected chi connectivity index (χ2v) is 5.72. The van der Waals surface area contributed by atoms with Gasteiger partial charge in [0.2, 0.25) is 5.91 Å². The largest absolute Gasteiger partial charge is 0.491 e. The first-order valence-electron chi connectivity index (χ1n) is 7.06. The zero-order valence-corrected chi connectivity index (χ0v) is 13.6. The van der Waals surface area contributed by atoms with E-state index < -0.39 is 6.10 Å². The van der Waals surface area contributed by atoms with Gasteiger partial charge < -0.3 is 14.7 Å². The molecule has 0 spiro atoms. The van der Waals surface area contributed by atoms with Crippen LogP contribution in [0.1, 0.15) is 11.1 Å². The number of amides is 1. The van der Waals surface area contributed by atoms with E-state index in [0.29, 0.717) is 6.54 Å². The van der Waals surface area contributed by atoms with Crippen LogP contribution in [0.2, 0.25) is 0 Å². The van der Waals surface area contributed by atoms with E-state index in [0.717, 1.165) is 11.3 Å². The lowest BCUT2D eigenvalue weighted by atomic mass is 10.1. The fourth-order valence-electron chi connectivity index (χ4n) is 2.00. The van der Waals surface area contributed by atoms with Crippen LogP contribution in [0.4, 0.5) is 0 Å². The number of carbonyl (C=O) groups excluding carboxylic acids is 1. The molecule has 0 saturated carbocycles. The van der Waals surface area contributed by atoms with Crippen LogP contribution >= 0.6 is 0 Å². The summed E-state index contributed by atoms with van der Waals surface area (Å²) in [7, 11) is 5.24. The van der Waals surface area contributed by atoms with Crippen molar-refractivity contribution < 1.29 is 14.6 Å². The van der Waals surface area contributed by atoms with Gasteiger partial charge in [-0.25, -0.2) is 0 Å². The van der Waals surface area contributed by atoms with E-state index in [2.05, 4.69) is 0 Å². The first-order chi connectivity index (χ1) is 9.79. The summed E-state index contributed by atoms with van der Waals surface area (Å²) in [5, 5.41) is 9.99. The van der Waals surface area contributed by atoms with E-state index in [-0.39, 0.29) is 19.1 Å². The van der Waals surface area contributed by atoms with E-state index in [1.165, 1.54) is 10.5 Å². The van der Waals surface area contributed by atoms with Crippen molar-refractivity contribution in [3.63, 3.8) is 0 Å². The predicted molar refractivity (Wildman–Crippen MR) is 83.6 cm³/mol. The summed E-state index contributed by atoms with van der Waals surface area (Å²) in [6, 6.07) is 5.94. The van der Waals surface area contributed by atoms with Gasteiger partial charge in [0.25, 0.3) is 0 Å². The first-order valence-corrected chi connectivity index (χ1v) is 7.06. The molecule has 0 radical (unpaired) electrons. The molecular weight excluding hydrogens is 268 g/mol. The van der Waals surface area contributed by atoms with Crippen LogP contribution in [-0.2, 0) is 4.79 Å². The SMILES string of the molecule is Cc1ccc(OCC(O)CN(C)CC(=O)N(C)C)c(C)c1. The number of aliphatic hydroxyl groups is 1. The molecule has 0 aromatic heterocycles. The number of aliphatic hydroxyl groups excluding tert-OH is 1. The van der Waals surface area contributed by atoms with E-state index in [1.54, 1.807) is 19.0 Å². The van der Waals surface area contributed by atoms with Gasteiger partial charge >= 0.3 is 0 Å². The summed E-state index contributed by atoms with van der Waals surface area (Å²) < 4.78 is 5.63. The lowest BCUT2D eigenvalue weighted by molar-refractivity contribution is -0.129. The third-order valence-corrected chi connectivity index (χ3v) is 3.19. The Morgan fingerprint density at radius 1 is 1.29 bits per heavy atom. The van der Waals surface area contributed by atoms with Crippen molar-refractivity contribution in [3.8, 4) is 5.75 Å². The lowest BCUT2D eigenvalue weighted by Crippen LogP contribution is -2.39. The lowest BCUT2D eigenvalue weighted by Gasteiger charge is -2.22. The van der Waals surface area contributed by atoms with Crippen LogP contribution in [0.25, 0.3) is 0 Å². The number of ether oxygens (including phenoxy) is 1. The molecule has 1 unspecified atom stereocenters. The van der Waals surface area contributed by atoms with Crippen molar-refractivity contribution in [2.75, 3.05) is 40.8 Å². The highest BCUT2D eigenvalue weighted by Crippen LogP contribution is 2.18. The van der Waals surface area contributed by atoms with E-state index in [1.807, 2.05) is 39.1 Å². The summed E-state index contributed by atoms with van der Waals surface area (Å²) in [5.41, 5.74) is 2.24. The number of likely N-dealkylation sites (N-methyl/N-ethyl adjacent to an activating group) is 2. The fraction of sp³-hybridized carbons (Fsp3) is 0.562. The third kappa shape index (κ3) is 6.14. The normalized spacial score (nSPS) is 12.3. The van der Waals surface area contributed by atoms with Gasteiger partial charge in [0.15, 0.2) is 0 Å². The molecule has 118 valence electrons. The Hall–Kier alpha value is -1.59. The molecule has 1 aromatic carbocycles. The molecule has 0 fully saturated rings. The molecule has 21 heavy (non-hydrogen) atoms. The highest BCUT2D eigenvalue weighted by atomic mass is 16.5. The standard InChI is InChI=1S/C16H26N2O3/c1-12-6-7-15(13(2)8-12)21-11-14(19)9-18(5)10-16(20)17(3)4/h6-8,14,19H,9-11H2,1-5H3. The Balaban J connectivity index is 2.40. The van der Waals surface area contributed by atoms with E-state index in [9.17, 15) is 9.90 Å². The van der Waals surface area contributed by atoms with Crippen molar-refractivity contribution in [2.24, 2.45) is 0 Å². The van der Waals surface area contributed by atoms with E-state index >= 15 is 0 Å². The quantitative estimate of drug-likeness (QED) is 0.817. The van der Waals surface area contributed by atoms with Crippen LogP contribution in [0.3, 0.4) is 0 Å². The Bertz CT molecular complexity index is 475. The molecule has 1 N–H and O–H groups in total. The van der Waals surface area contributed by atoms with Crippen molar-refractivity contribution in [2.45, 2.75) is 20.0 Å². The molecule has 5 nitrogen and oxygen atoms in total. The van der Waals surface area contributed by atoms with Gasteiger partial charge in [-0.05, 0) is 32.5 Å². The summed E-state index contributed by atoms with van der Waals surface area (Å²) in [5.74, 6) is 0.798.